The third-order valence-corrected chi connectivity index (χ3v) is 5.66. The highest BCUT2D eigenvalue weighted by molar-refractivity contribution is 5.89. The summed E-state index contributed by atoms with van der Waals surface area (Å²) < 4.78 is 18.0. The minimum atomic E-state index is -0.588. The van der Waals surface area contributed by atoms with Crippen molar-refractivity contribution < 1.29 is 19.0 Å². The molecule has 0 fully saturated rings. The maximum Gasteiger partial charge on any atom is 0.364 e. The summed E-state index contributed by atoms with van der Waals surface area (Å²) in [4.78, 5) is 16.9. The highest BCUT2D eigenvalue weighted by Crippen LogP contribution is 2.29. The number of ether oxygens (including phenoxy) is 3. The zero-order valence-corrected chi connectivity index (χ0v) is 19.9. The molecule has 0 unspecified atom stereocenters. The Balaban J connectivity index is 1.42. The molecular formula is C28H24N4O4. The monoisotopic (exact) mass is 480 g/mol. The molecule has 8 nitrogen and oxygen atoms in total. The van der Waals surface area contributed by atoms with E-state index in [-0.39, 0.29) is 18.2 Å². The van der Waals surface area contributed by atoms with Crippen LogP contribution >= 0.6 is 0 Å². The fraction of sp³-hybridized carbons (Fsp3) is 0.143. The number of nitrogens with zero attached hydrogens (tertiary/aromatic N) is 4. The molecule has 0 saturated heterocycles. The number of fused-ring (bicyclic) bond motifs is 1. The van der Waals surface area contributed by atoms with Gasteiger partial charge in [-0.3, -0.25) is 4.98 Å². The van der Waals surface area contributed by atoms with Crippen LogP contribution in [-0.2, 0) is 11.3 Å². The van der Waals surface area contributed by atoms with Crippen molar-refractivity contribution in [1.82, 2.24) is 20.0 Å². The summed E-state index contributed by atoms with van der Waals surface area (Å²) >= 11 is 0. The lowest BCUT2D eigenvalue weighted by Gasteiger charge is -2.11. The van der Waals surface area contributed by atoms with Crippen LogP contribution in [0.1, 0.15) is 23.0 Å². The number of esters is 1. The number of methoxy groups -OCH3 is 1. The van der Waals surface area contributed by atoms with E-state index in [0.29, 0.717) is 12.3 Å². The SMILES string of the molecule is CCOC(=O)c1nnn(Cc2ccc(OC)cc2)c1Oc1ccc(-c2ccc3ncccc3c2)cc1. The van der Waals surface area contributed by atoms with Gasteiger partial charge in [0.05, 0.1) is 25.8 Å². The molecule has 0 saturated carbocycles. The Morgan fingerprint density at radius 1 is 0.917 bits per heavy atom. The number of aromatic nitrogens is 4. The Morgan fingerprint density at radius 2 is 1.67 bits per heavy atom. The van der Waals surface area contributed by atoms with Crippen LogP contribution in [0.3, 0.4) is 0 Å². The van der Waals surface area contributed by atoms with Gasteiger partial charge in [-0.2, -0.15) is 0 Å². The van der Waals surface area contributed by atoms with Crippen molar-refractivity contribution in [3.05, 3.63) is 96.3 Å². The molecule has 0 atom stereocenters. The number of hydrogen-bond acceptors (Lipinski definition) is 7. The molecule has 0 spiro atoms. The fourth-order valence-corrected chi connectivity index (χ4v) is 3.82. The van der Waals surface area contributed by atoms with Crippen molar-refractivity contribution in [2.24, 2.45) is 0 Å². The van der Waals surface area contributed by atoms with Gasteiger partial charge in [0.1, 0.15) is 11.5 Å². The molecule has 0 aliphatic carbocycles. The molecule has 180 valence electrons. The van der Waals surface area contributed by atoms with Crippen molar-refractivity contribution >= 4 is 16.9 Å². The smallest absolute Gasteiger partial charge is 0.364 e. The number of carbonyl (C=O) groups excluding carboxylic acids is 1. The van der Waals surface area contributed by atoms with Gasteiger partial charge in [0.2, 0.25) is 5.69 Å². The van der Waals surface area contributed by atoms with Crippen molar-refractivity contribution in [3.63, 3.8) is 0 Å². The second-order valence-electron chi connectivity index (χ2n) is 8.01. The van der Waals surface area contributed by atoms with Gasteiger partial charge >= 0.3 is 5.97 Å². The van der Waals surface area contributed by atoms with Crippen LogP contribution in [0.5, 0.6) is 17.4 Å². The summed E-state index contributed by atoms with van der Waals surface area (Å²) in [6.45, 7) is 2.32. The number of benzene rings is 3. The van der Waals surface area contributed by atoms with Gasteiger partial charge in [-0.1, -0.05) is 41.6 Å². The van der Waals surface area contributed by atoms with E-state index in [4.69, 9.17) is 14.2 Å². The molecule has 0 N–H and O–H groups in total. The molecule has 5 aromatic rings. The van der Waals surface area contributed by atoms with E-state index in [1.807, 2.05) is 72.8 Å². The first-order valence-electron chi connectivity index (χ1n) is 11.5. The molecule has 2 aromatic heterocycles. The standard InChI is InChI=1S/C28H24N4O4/c1-3-35-28(33)26-27(32(31-30-26)18-19-6-11-23(34-2)12-7-19)36-24-13-8-20(9-14-24)21-10-15-25-22(17-21)5-4-16-29-25/h4-17H,3,18H2,1-2H3. The molecule has 0 aliphatic rings. The van der Waals surface area contributed by atoms with Gasteiger partial charge in [0, 0.05) is 11.6 Å². The van der Waals surface area contributed by atoms with Gasteiger partial charge in [-0.15, -0.1) is 5.10 Å². The lowest BCUT2D eigenvalue weighted by atomic mass is 10.0. The van der Waals surface area contributed by atoms with Crippen LogP contribution in [0.4, 0.5) is 0 Å². The molecule has 36 heavy (non-hydrogen) atoms. The summed E-state index contributed by atoms with van der Waals surface area (Å²) in [5, 5.41) is 9.26. The van der Waals surface area contributed by atoms with Crippen LogP contribution in [0, 0.1) is 0 Å². The molecule has 0 amide bonds. The van der Waals surface area contributed by atoms with E-state index < -0.39 is 5.97 Å². The molecule has 3 aromatic carbocycles. The summed E-state index contributed by atoms with van der Waals surface area (Å²) in [5.74, 6) is 0.928. The van der Waals surface area contributed by atoms with Crippen LogP contribution in [0.25, 0.3) is 22.0 Å². The van der Waals surface area contributed by atoms with Gasteiger partial charge in [-0.25, -0.2) is 9.48 Å². The molecule has 0 aliphatic heterocycles. The van der Waals surface area contributed by atoms with Gasteiger partial charge in [-0.05, 0) is 66.1 Å². The Hall–Kier alpha value is -4.72. The van der Waals surface area contributed by atoms with E-state index >= 15 is 0 Å². The molecule has 2 heterocycles. The molecule has 8 heteroatoms. The van der Waals surface area contributed by atoms with E-state index in [9.17, 15) is 4.79 Å². The third kappa shape index (κ3) is 4.88. The normalized spacial score (nSPS) is 10.8. The summed E-state index contributed by atoms with van der Waals surface area (Å²) in [7, 11) is 1.62. The number of rotatable bonds is 8. The Labute approximate surface area is 208 Å². The number of hydrogen-bond donors (Lipinski definition) is 0. The molecule has 0 bridgehead atoms. The first kappa shape index (κ1) is 23.0. The summed E-state index contributed by atoms with van der Waals surface area (Å²) in [5.41, 5.74) is 4.02. The van der Waals surface area contributed by atoms with Crippen LogP contribution in [-0.4, -0.2) is 39.7 Å². The predicted octanol–water partition coefficient (Wildman–Crippen LogP) is 5.52. The average molecular weight is 481 g/mol. The predicted molar refractivity (Wildman–Crippen MR) is 135 cm³/mol. The minimum Gasteiger partial charge on any atom is -0.497 e. The zero-order chi connectivity index (χ0) is 24.9. The van der Waals surface area contributed by atoms with E-state index in [1.54, 1.807) is 20.2 Å². The average Bonchev–Trinajstić information content (AvgIpc) is 3.31. The van der Waals surface area contributed by atoms with Crippen molar-refractivity contribution in [2.75, 3.05) is 13.7 Å². The second-order valence-corrected chi connectivity index (χ2v) is 8.01. The van der Waals surface area contributed by atoms with E-state index in [2.05, 4.69) is 21.4 Å². The van der Waals surface area contributed by atoms with Crippen molar-refractivity contribution in [2.45, 2.75) is 13.5 Å². The minimum absolute atomic E-state index is 0.0245. The maximum absolute atomic E-state index is 12.5. The van der Waals surface area contributed by atoms with E-state index in [0.717, 1.165) is 33.3 Å². The molecular weight excluding hydrogens is 456 g/mol. The molecule has 5 rings (SSSR count). The first-order chi connectivity index (χ1) is 17.6. The van der Waals surface area contributed by atoms with Gasteiger partial charge in [0.25, 0.3) is 5.88 Å². The van der Waals surface area contributed by atoms with E-state index in [1.165, 1.54) is 4.68 Å². The quantitative estimate of drug-likeness (QED) is 0.270. The Morgan fingerprint density at radius 3 is 2.42 bits per heavy atom. The maximum atomic E-state index is 12.5. The Bertz CT molecular complexity index is 1490. The van der Waals surface area contributed by atoms with Crippen LogP contribution in [0.15, 0.2) is 85.1 Å². The summed E-state index contributed by atoms with van der Waals surface area (Å²) in [6, 6.07) is 25.3. The fourth-order valence-electron chi connectivity index (χ4n) is 3.82. The number of pyridine rings is 1. The second kappa shape index (κ2) is 10.3. The number of carbonyl (C=O) groups is 1. The topological polar surface area (TPSA) is 88.4 Å². The van der Waals surface area contributed by atoms with Gasteiger partial charge < -0.3 is 14.2 Å². The van der Waals surface area contributed by atoms with Gasteiger partial charge in [0.15, 0.2) is 0 Å². The largest absolute Gasteiger partial charge is 0.497 e. The van der Waals surface area contributed by atoms with Crippen LogP contribution < -0.4 is 9.47 Å². The van der Waals surface area contributed by atoms with Crippen molar-refractivity contribution in [1.29, 1.82) is 0 Å². The highest BCUT2D eigenvalue weighted by atomic mass is 16.5. The van der Waals surface area contributed by atoms with Crippen LogP contribution in [0.2, 0.25) is 0 Å². The third-order valence-electron chi connectivity index (χ3n) is 5.66. The van der Waals surface area contributed by atoms with Crippen molar-refractivity contribution in [3.8, 4) is 28.5 Å². The Kier molecular flexibility index (Phi) is 6.57. The highest BCUT2D eigenvalue weighted by Gasteiger charge is 2.23. The molecule has 0 radical (unpaired) electrons. The first-order valence-corrected chi connectivity index (χ1v) is 11.5. The zero-order valence-electron chi connectivity index (χ0n) is 19.9. The lowest BCUT2D eigenvalue weighted by molar-refractivity contribution is 0.0516. The summed E-state index contributed by atoms with van der Waals surface area (Å²) in [6.07, 6.45) is 1.78. The lowest BCUT2D eigenvalue weighted by Crippen LogP contribution is -2.09.